The van der Waals surface area contributed by atoms with E-state index in [1.807, 2.05) is 10.6 Å². The minimum Gasteiger partial charge on any atom is -0.444 e. The molecule has 16 heteroatoms. The Morgan fingerprint density at radius 1 is 1.10 bits per heavy atom. The lowest BCUT2D eigenvalue weighted by Crippen LogP contribution is -2.47. The molecule has 1 amide bonds. The fourth-order valence-corrected chi connectivity index (χ4v) is 7.62. The van der Waals surface area contributed by atoms with Gasteiger partial charge >= 0.3 is 11.8 Å². The van der Waals surface area contributed by atoms with Crippen LogP contribution in [0.2, 0.25) is 35.7 Å². The van der Waals surface area contributed by atoms with Crippen LogP contribution in [0, 0.1) is 0 Å². The number of amides is 1. The van der Waals surface area contributed by atoms with Crippen LogP contribution in [0.1, 0.15) is 33.2 Å². The zero-order valence-corrected chi connectivity index (χ0v) is 32.3. The molecule has 1 aromatic carbocycles. The van der Waals surface area contributed by atoms with Crippen molar-refractivity contribution in [1.82, 2.24) is 33.4 Å². The second-order valence-corrected chi connectivity index (χ2v) is 21.6. The minimum atomic E-state index is -1.38. The third-order valence-electron chi connectivity index (χ3n) is 8.92. The van der Waals surface area contributed by atoms with Crippen molar-refractivity contribution in [2.45, 2.75) is 77.4 Å². The number of carbonyl (C=O) groups excluding carboxylic acids is 1. The predicted molar refractivity (Wildman–Crippen MR) is 200 cm³/mol. The highest BCUT2D eigenvalue weighted by atomic mass is 35.5. The zero-order valence-electron chi connectivity index (χ0n) is 29.7. The lowest BCUT2D eigenvalue weighted by molar-refractivity contribution is 0.00576. The standard InChI is InChI=1S/C35H42Cl2FN7O5Si/c1-35(2,3)50-34(48)42-12-11-27(26(38)19-42)44-18-21(16-40-44)28-15-22-29-23(17-39-31(22)43(28)20-49-13-14-51(5,6)7)32(46)45(33(47)41(29)4)30-24(36)9-8-10-25(30)37/h8-10,15-18,26-27H,11-14,19-20H2,1-7H3/t26-,27-/m0/s1. The molecular weight excluding hydrogens is 716 g/mol. The largest absolute Gasteiger partial charge is 0.444 e. The van der Waals surface area contributed by atoms with Gasteiger partial charge in [0.25, 0.3) is 5.56 Å². The molecule has 12 nitrogen and oxygen atoms in total. The average molecular weight is 759 g/mol. The molecule has 0 N–H and O–H groups in total. The molecule has 272 valence electrons. The summed E-state index contributed by atoms with van der Waals surface area (Å²) in [5.74, 6) is 0. The molecule has 0 spiro atoms. The Bertz CT molecular complexity index is 2230. The first-order chi connectivity index (χ1) is 23.9. The lowest BCUT2D eigenvalue weighted by Gasteiger charge is -2.35. The van der Waals surface area contributed by atoms with Crippen molar-refractivity contribution in [3.8, 4) is 16.9 Å². The maximum absolute atomic E-state index is 15.6. The summed E-state index contributed by atoms with van der Waals surface area (Å²) in [7, 11) is 0.199. The Balaban J connectivity index is 1.42. The van der Waals surface area contributed by atoms with Gasteiger partial charge in [0, 0.05) is 51.6 Å². The normalized spacial score (nSPS) is 17.1. The molecule has 5 heterocycles. The van der Waals surface area contributed by atoms with Gasteiger partial charge in [-0.05, 0) is 51.4 Å². The van der Waals surface area contributed by atoms with Gasteiger partial charge in [-0.2, -0.15) is 5.10 Å². The number of fused-ring (bicyclic) bond motifs is 3. The first-order valence-electron chi connectivity index (χ1n) is 16.8. The van der Waals surface area contributed by atoms with Gasteiger partial charge < -0.3 is 18.9 Å². The number of rotatable bonds is 8. The molecule has 1 aliphatic rings. The van der Waals surface area contributed by atoms with E-state index >= 15 is 4.39 Å². The van der Waals surface area contributed by atoms with Gasteiger partial charge in [0.2, 0.25) is 0 Å². The number of likely N-dealkylation sites (tertiary alicyclic amines) is 1. The number of carbonyl (C=O) groups is 1. The Labute approximate surface area is 305 Å². The van der Waals surface area contributed by atoms with Crippen molar-refractivity contribution in [1.29, 1.82) is 0 Å². The van der Waals surface area contributed by atoms with Crippen molar-refractivity contribution in [3.05, 3.63) is 73.7 Å². The van der Waals surface area contributed by atoms with Gasteiger partial charge in [-0.15, -0.1) is 0 Å². The number of hydrogen-bond donors (Lipinski definition) is 0. The van der Waals surface area contributed by atoms with Crippen molar-refractivity contribution < 1.29 is 18.7 Å². The van der Waals surface area contributed by atoms with Crippen LogP contribution in [0.25, 0.3) is 38.9 Å². The third kappa shape index (κ3) is 7.37. The quantitative estimate of drug-likeness (QED) is 0.123. The zero-order chi connectivity index (χ0) is 37.0. The van der Waals surface area contributed by atoms with E-state index in [-0.39, 0.29) is 34.4 Å². The van der Waals surface area contributed by atoms with Crippen molar-refractivity contribution >= 4 is 59.3 Å². The second-order valence-electron chi connectivity index (χ2n) is 15.1. The molecule has 1 fully saturated rings. The molecule has 0 saturated carbocycles. The van der Waals surface area contributed by atoms with Crippen LogP contribution in [-0.2, 0) is 23.3 Å². The molecule has 0 aliphatic carbocycles. The fourth-order valence-electron chi connectivity index (χ4n) is 6.29. The van der Waals surface area contributed by atoms with E-state index in [2.05, 4.69) is 24.7 Å². The predicted octanol–water partition coefficient (Wildman–Crippen LogP) is 7.04. The smallest absolute Gasteiger partial charge is 0.410 e. The maximum Gasteiger partial charge on any atom is 0.410 e. The molecule has 6 rings (SSSR count). The van der Waals surface area contributed by atoms with Gasteiger partial charge in [-0.1, -0.05) is 48.9 Å². The van der Waals surface area contributed by atoms with Crippen LogP contribution in [0.15, 0.2) is 52.4 Å². The average Bonchev–Trinajstić information content (AvgIpc) is 3.67. The van der Waals surface area contributed by atoms with E-state index in [0.29, 0.717) is 47.4 Å². The molecule has 1 aliphatic heterocycles. The molecule has 5 aromatic rings. The van der Waals surface area contributed by atoms with E-state index < -0.39 is 43.2 Å². The second kappa shape index (κ2) is 13.9. The number of ether oxygens (including phenoxy) is 2. The first kappa shape index (κ1) is 36.8. The number of aryl methyl sites for hydroxylation is 1. The van der Waals surface area contributed by atoms with E-state index in [1.54, 1.807) is 63.1 Å². The summed E-state index contributed by atoms with van der Waals surface area (Å²) in [5.41, 5.74) is 0.373. The monoisotopic (exact) mass is 757 g/mol. The lowest BCUT2D eigenvalue weighted by atomic mass is 10.0. The number of alkyl halides is 1. The van der Waals surface area contributed by atoms with E-state index in [4.69, 9.17) is 37.7 Å². The van der Waals surface area contributed by atoms with Crippen LogP contribution in [0.3, 0.4) is 0 Å². The number of benzene rings is 1. The van der Waals surface area contributed by atoms with Crippen molar-refractivity contribution in [2.75, 3.05) is 19.7 Å². The maximum atomic E-state index is 15.6. The molecular formula is C35H42Cl2FN7O5Si. The first-order valence-corrected chi connectivity index (χ1v) is 21.2. The summed E-state index contributed by atoms with van der Waals surface area (Å²) in [6, 6.07) is 6.95. The molecule has 1 saturated heterocycles. The van der Waals surface area contributed by atoms with E-state index in [0.717, 1.165) is 10.6 Å². The Morgan fingerprint density at radius 3 is 2.45 bits per heavy atom. The van der Waals surface area contributed by atoms with Crippen LogP contribution < -0.4 is 11.2 Å². The fraction of sp³-hybridized carbons (Fsp3) is 0.457. The highest BCUT2D eigenvalue weighted by Crippen LogP contribution is 2.34. The molecule has 0 unspecified atom stereocenters. The van der Waals surface area contributed by atoms with Crippen molar-refractivity contribution in [2.24, 2.45) is 7.05 Å². The Morgan fingerprint density at radius 2 is 1.80 bits per heavy atom. The van der Waals surface area contributed by atoms with Gasteiger partial charge in [0.05, 0.1) is 51.1 Å². The van der Waals surface area contributed by atoms with Gasteiger partial charge in [0.1, 0.15) is 24.2 Å². The highest BCUT2D eigenvalue weighted by molar-refractivity contribution is 6.76. The molecule has 51 heavy (non-hydrogen) atoms. The number of aromatic nitrogens is 6. The summed E-state index contributed by atoms with van der Waals surface area (Å²) in [5, 5.41) is 5.59. The number of piperidine rings is 1. The summed E-state index contributed by atoms with van der Waals surface area (Å²) >= 11 is 12.8. The van der Waals surface area contributed by atoms with Crippen LogP contribution >= 0.6 is 23.2 Å². The minimum absolute atomic E-state index is 0.0954. The number of hydrogen-bond acceptors (Lipinski definition) is 7. The van der Waals surface area contributed by atoms with Crippen LogP contribution in [0.5, 0.6) is 0 Å². The highest BCUT2D eigenvalue weighted by Gasteiger charge is 2.35. The number of para-hydroxylation sites is 1. The van der Waals surface area contributed by atoms with E-state index in [1.165, 1.54) is 15.7 Å². The molecule has 0 bridgehead atoms. The van der Waals surface area contributed by atoms with Crippen LogP contribution in [0.4, 0.5) is 9.18 Å². The van der Waals surface area contributed by atoms with Gasteiger partial charge in [-0.25, -0.2) is 23.5 Å². The Hall–Kier alpha value is -3.98. The molecule has 0 radical (unpaired) electrons. The summed E-state index contributed by atoms with van der Waals surface area (Å²) in [6.45, 7) is 13.0. The SMILES string of the molecule is Cn1c(=O)n(-c2c(Cl)cccc2Cl)c(=O)c2cnc3c(cc(-c4cnn([C@H]5CCN(C(=O)OC(C)(C)C)C[C@@H]5F)c4)n3COCC[Si](C)(C)C)c21. The summed E-state index contributed by atoms with van der Waals surface area (Å²) in [4.78, 5) is 46.5. The summed E-state index contributed by atoms with van der Waals surface area (Å²) < 4.78 is 33.1. The van der Waals surface area contributed by atoms with Crippen molar-refractivity contribution in [3.63, 3.8) is 0 Å². The summed E-state index contributed by atoms with van der Waals surface area (Å²) in [6.07, 6.45) is 3.29. The number of nitrogens with zero attached hydrogens (tertiary/aromatic N) is 7. The number of halogens is 3. The third-order valence-corrected chi connectivity index (χ3v) is 11.2. The topological polar surface area (TPSA) is 118 Å². The van der Waals surface area contributed by atoms with Crippen LogP contribution in [-0.4, -0.2) is 79.0 Å². The Kier molecular flexibility index (Phi) is 10.0. The van der Waals surface area contributed by atoms with E-state index in [9.17, 15) is 14.4 Å². The molecule has 2 atom stereocenters. The molecule has 4 aromatic heterocycles. The number of pyridine rings is 1. The van der Waals surface area contributed by atoms with Gasteiger partial charge in [-0.3, -0.25) is 14.0 Å². The van der Waals surface area contributed by atoms with Gasteiger partial charge in [0.15, 0.2) is 0 Å².